The third-order valence-corrected chi connectivity index (χ3v) is 4.79. The number of unbranched alkanes of at least 4 members (excludes halogenated alkanes) is 1. The second kappa shape index (κ2) is 6.67. The van der Waals surface area contributed by atoms with Crippen LogP contribution in [0.25, 0.3) is 20.2 Å². The third-order valence-electron chi connectivity index (χ3n) is 3.59. The van der Waals surface area contributed by atoms with Crippen molar-refractivity contribution in [1.82, 2.24) is 0 Å². The lowest BCUT2D eigenvalue weighted by Gasteiger charge is -2.10. The standard InChI is InChI=1S/C17H13F5O2S/c1-2-3-8-23-11-7-5-10(18)16-13(11)9-4-6-12(24-17(20,21)22)14(19)15(9)25-16/h4-7H,2-3,8H2,1H3. The molecule has 0 saturated heterocycles. The van der Waals surface area contributed by atoms with E-state index in [1.165, 1.54) is 18.2 Å². The number of halogens is 5. The number of hydrogen-bond donors (Lipinski definition) is 0. The van der Waals surface area contributed by atoms with E-state index in [9.17, 15) is 22.0 Å². The summed E-state index contributed by atoms with van der Waals surface area (Å²) in [5.41, 5.74) is 0. The van der Waals surface area contributed by atoms with Gasteiger partial charge in [0.05, 0.1) is 16.0 Å². The molecule has 0 fully saturated rings. The van der Waals surface area contributed by atoms with Crippen LogP contribution >= 0.6 is 11.3 Å². The van der Waals surface area contributed by atoms with E-state index in [0.29, 0.717) is 17.7 Å². The van der Waals surface area contributed by atoms with Gasteiger partial charge in [-0.05, 0) is 30.7 Å². The molecule has 2 aromatic carbocycles. The normalized spacial score (nSPS) is 12.1. The van der Waals surface area contributed by atoms with Crippen LogP contribution < -0.4 is 9.47 Å². The van der Waals surface area contributed by atoms with Crippen LogP contribution in [-0.4, -0.2) is 13.0 Å². The van der Waals surface area contributed by atoms with E-state index in [1.807, 2.05) is 6.92 Å². The highest BCUT2D eigenvalue weighted by atomic mass is 32.1. The van der Waals surface area contributed by atoms with Gasteiger partial charge in [-0.3, -0.25) is 0 Å². The first-order valence-electron chi connectivity index (χ1n) is 7.53. The quantitative estimate of drug-likeness (QED) is 0.378. The summed E-state index contributed by atoms with van der Waals surface area (Å²) in [7, 11) is 0. The van der Waals surface area contributed by atoms with Gasteiger partial charge in [-0.25, -0.2) is 8.78 Å². The summed E-state index contributed by atoms with van der Waals surface area (Å²) >= 11 is 0.731. The average Bonchev–Trinajstić information content (AvgIpc) is 2.93. The fourth-order valence-corrected chi connectivity index (χ4v) is 3.63. The van der Waals surface area contributed by atoms with Crippen molar-refractivity contribution in [3.63, 3.8) is 0 Å². The molecule has 1 aromatic heterocycles. The molecule has 8 heteroatoms. The summed E-state index contributed by atoms with van der Waals surface area (Å²) in [5, 5.41) is 0.645. The largest absolute Gasteiger partial charge is 0.573 e. The number of alkyl halides is 3. The zero-order chi connectivity index (χ0) is 18.2. The molecule has 25 heavy (non-hydrogen) atoms. The Kier molecular flexibility index (Phi) is 4.73. The second-order valence-corrected chi connectivity index (χ2v) is 6.38. The Hall–Kier alpha value is -2.09. The predicted molar refractivity (Wildman–Crippen MR) is 86.3 cm³/mol. The Morgan fingerprint density at radius 3 is 2.40 bits per heavy atom. The van der Waals surface area contributed by atoms with E-state index >= 15 is 0 Å². The van der Waals surface area contributed by atoms with Crippen molar-refractivity contribution >= 4 is 31.5 Å². The van der Waals surface area contributed by atoms with E-state index in [4.69, 9.17) is 4.74 Å². The molecule has 3 rings (SSSR count). The molecule has 0 saturated carbocycles. The van der Waals surface area contributed by atoms with Crippen LogP contribution in [0.3, 0.4) is 0 Å². The van der Waals surface area contributed by atoms with Gasteiger partial charge >= 0.3 is 6.36 Å². The van der Waals surface area contributed by atoms with Crippen LogP contribution in [0.15, 0.2) is 24.3 Å². The summed E-state index contributed by atoms with van der Waals surface area (Å²) < 4.78 is 75.0. The first kappa shape index (κ1) is 17.7. The van der Waals surface area contributed by atoms with Gasteiger partial charge in [0, 0.05) is 10.8 Å². The zero-order valence-electron chi connectivity index (χ0n) is 13.0. The lowest BCUT2D eigenvalue weighted by molar-refractivity contribution is -0.275. The van der Waals surface area contributed by atoms with Crippen molar-refractivity contribution in [2.45, 2.75) is 26.1 Å². The van der Waals surface area contributed by atoms with Crippen molar-refractivity contribution in [2.24, 2.45) is 0 Å². The average molecular weight is 376 g/mol. The predicted octanol–water partition coefficient (Wildman–Crippen LogP) is 6.41. The maximum absolute atomic E-state index is 14.4. The molecule has 0 bridgehead atoms. The van der Waals surface area contributed by atoms with E-state index < -0.39 is 23.7 Å². The zero-order valence-corrected chi connectivity index (χ0v) is 13.9. The van der Waals surface area contributed by atoms with Crippen molar-refractivity contribution in [2.75, 3.05) is 6.61 Å². The van der Waals surface area contributed by atoms with Gasteiger partial charge in [0.1, 0.15) is 11.6 Å². The molecule has 0 amide bonds. The van der Waals surface area contributed by atoms with Crippen molar-refractivity contribution < 1.29 is 31.4 Å². The molecule has 3 aromatic rings. The molecule has 0 aliphatic carbocycles. The molecule has 2 nitrogen and oxygen atoms in total. The lowest BCUT2D eigenvalue weighted by atomic mass is 10.1. The SMILES string of the molecule is CCCCOc1ccc(F)c2sc3c(F)c(OC(F)(F)F)ccc3c12. The summed E-state index contributed by atoms with van der Waals surface area (Å²) in [6.07, 6.45) is -3.31. The van der Waals surface area contributed by atoms with Crippen LogP contribution in [0, 0.1) is 11.6 Å². The molecular weight excluding hydrogens is 363 g/mol. The first-order valence-corrected chi connectivity index (χ1v) is 8.35. The molecule has 0 unspecified atom stereocenters. The van der Waals surface area contributed by atoms with Gasteiger partial charge in [-0.2, -0.15) is 0 Å². The van der Waals surface area contributed by atoms with E-state index in [2.05, 4.69) is 4.74 Å². The minimum Gasteiger partial charge on any atom is -0.493 e. The van der Waals surface area contributed by atoms with Gasteiger partial charge in [-0.15, -0.1) is 24.5 Å². The summed E-state index contributed by atoms with van der Waals surface area (Å²) in [6, 6.07) is 4.81. The summed E-state index contributed by atoms with van der Waals surface area (Å²) in [4.78, 5) is 0. The molecule has 134 valence electrons. The number of thiophene rings is 1. The summed E-state index contributed by atoms with van der Waals surface area (Å²) in [5.74, 6) is -2.33. The maximum atomic E-state index is 14.4. The highest BCUT2D eigenvalue weighted by Crippen LogP contribution is 2.44. The number of hydrogen-bond acceptors (Lipinski definition) is 3. The Morgan fingerprint density at radius 2 is 1.72 bits per heavy atom. The number of benzene rings is 2. The molecule has 0 aliphatic heterocycles. The first-order chi connectivity index (χ1) is 11.8. The lowest BCUT2D eigenvalue weighted by Crippen LogP contribution is -2.17. The second-order valence-electron chi connectivity index (χ2n) is 5.36. The number of fused-ring (bicyclic) bond motifs is 3. The van der Waals surface area contributed by atoms with Crippen molar-refractivity contribution in [1.29, 1.82) is 0 Å². The molecule has 1 heterocycles. The number of rotatable bonds is 5. The molecule has 0 spiro atoms. The fraction of sp³-hybridized carbons (Fsp3) is 0.294. The topological polar surface area (TPSA) is 18.5 Å². The highest BCUT2D eigenvalue weighted by Gasteiger charge is 2.33. The smallest absolute Gasteiger partial charge is 0.493 e. The minimum absolute atomic E-state index is 0.109. The molecule has 0 aliphatic rings. The van der Waals surface area contributed by atoms with Crippen molar-refractivity contribution in [3.8, 4) is 11.5 Å². The molecular formula is C17H13F5O2S. The van der Waals surface area contributed by atoms with Gasteiger partial charge in [0.15, 0.2) is 11.6 Å². The van der Waals surface area contributed by atoms with Gasteiger partial charge in [0.2, 0.25) is 0 Å². The Morgan fingerprint density at radius 1 is 1.00 bits per heavy atom. The van der Waals surface area contributed by atoms with Crippen LogP contribution in [0.2, 0.25) is 0 Å². The van der Waals surface area contributed by atoms with Crippen LogP contribution in [0.4, 0.5) is 22.0 Å². The van der Waals surface area contributed by atoms with Crippen LogP contribution in [-0.2, 0) is 0 Å². The monoisotopic (exact) mass is 376 g/mol. The molecule has 0 atom stereocenters. The molecule has 0 N–H and O–H groups in total. The Bertz CT molecular complexity index is 917. The third kappa shape index (κ3) is 3.49. The van der Waals surface area contributed by atoms with E-state index in [0.717, 1.165) is 30.2 Å². The highest BCUT2D eigenvalue weighted by molar-refractivity contribution is 7.26. The van der Waals surface area contributed by atoms with E-state index in [-0.39, 0.29) is 14.8 Å². The van der Waals surface area contributed by atoms with Crippen LogP contribution in [0.1, 0.15) is 19.8 Å². The van der Waals surface area contributed by atoms with E-state index in [1.54, 1.807) is 0 Å². The van der Waals surface area contributed by atoms with Gasteiger partial charge in [0.25, 0.3) is 0 Å². The maximum Gasteiger partial charge on any atom is 0.573 e. The molecule has 0 radical (unpaired) electrons. The fourth-order valence-electron chi connectivity index (χ4n) is 2.48. The Labute approximate surface area is 143 Å². The van der Waals surface area contributed by atoms with Crippen molar-refractivity contribution in [3.05, 3.63) is 35.9 Å². The van der Waals surface area contributed by atoms with Gasteiger partial charge < -0.3 is 9.47 Å². The number of ether oxygens (including phenoxy) is 2. The Balaban J connectivity index is 2.17. The summed E-state index contributed by atoms with van der Waals surface area (Å²) in [6.45, 7) is 2.40. The van der Waals surface area contributed by atoms with Gasteiger partial charge in [-0.1, -0.05) is 13.3 Å². The minimum atomic E-state index is -5.01. The van der Waals surface area contributed by atoms with Crippen LogP contribution in [0.5, 0.6) is 11.5 Å².